The largest absolute Gasteiger partial charge is 0.733 e. The molecule has 2 rings (SSSR count). The predicted molar refractivity (Wildman–Crippen MR) is 79.5 cm³/mol. The Balaban J connectivity index is 2.28. The lowest BCUT2D eigenvalue weighted by Gasteiger charge is -2.40. The molecular weight excluding hydrogens is 292 g/mol. The summed E-state index contributed by atoms with van der Waals surface area (Å²) in [6.45, 7) is 5.18. The average Bonchev–Trinajstić information content (AvgIpc) is 2.45. The first-order valence-electron chi connectivity index (χ1n) is 6.96. The zero-order valence-corrected chi connectivity index (χ0v) is 12.6. The van der Waals surface area contributed by atoms with Crippen molar-refractivity contribution in [3.05, 3.63) is 28.5 Å². The Labute approximate surface area is 128 Å². The van der Waals surface area contributed by atoms with Crippen LogP contribution in [0.25, 0.3) is 0 Å². The van der Waals surface area contributed by atoms with Crippen LogP contribution in [0.5, 0.6) is 0 Å². The number of hydrogen-bond donors (Lipinski definition) is 5. The second-order valence-electron chi connectivity index (χ2n) is 5.60. The maximum atomic E-state index is 11.3. The lowest BCUT2D eigenvalue weighted by atomic mass is 9.98. The Morgan fingerprint density at radius 3 is 2.27 bits per heavy atom. The Morgan fingerprint density at radius 1 is 1.09 bits per heavy atom. The molecule has 1 aliphatic rings. The van der Waals surface area contributed by atoms with Gasteiger partial charge in [0.2, 0.25) is 0 Å². The molecule has 0 amide bonds. The number of nitrogens with one attached hydrogen (secondary N) is 1. The third-order valence-electron chi connectivity index (χ3n) is 3.97. The highest BCUT2D eigenvalue weighted by Crippen LogP contribution is 2.31. The van der Waals surface area contributed by atoms with Crippen molar-refractivity contribution >= 4 is 11.4 Å². The monoisotopic (exact) mass is 313 g/mol. The minimum absolute atomic E-state index is 0.0350. The lowest BCUT2D eigenvalue weighted by molar-refractivity contribution is -0.209. The molecule has 0 bridgehead atoms. The molecule has 5 N–H and O–H groups in total. The van der Waals surface area contributed by atoms with E-state index in [2.05, 4.69) is 5.32 Å². The average molecular weight is 313 g/mol. The van der Waals surface area contributed by atoms with Crippen LogP contribution >= 0.6 is 0 Å². The number of aliphatic hydroxyl groups excluding tert-OH is 3. The number of nitrogens with zero attached hydrogens (tertiary/aromatic N) is 1. The van der Waals surface area contributed by atoms with Crippen molar-refractivity contribution in [1.82, 2.24) is 0 Å². The fraction of sp³-hybridized carbons (Fsp3) is 0.571. The Kier molecular flexibility index (Phi) is 4.90. The molecule has 1 heterocycles. The molecule has 1 unspecified atom stereocenters. The van der Waals surface area contributed by atoms with Crippen LogP contribution < -0.4 is 10.5 Å². The molecule has 0 radical (unpaired) electrons. The second-order valence-corrected chi connectivity index (χ2v) is 5.60. The number of ether oxygens (including phenoxy) is 1. The van der Waals surface area contributed by atoms with Crippen LogP contribution in [0.4, 0.5) is 11.4 Å². The van der Waals surface area contributed by atoms with Crippen LogP contribution in [0, 0.1) is 19.1 Å². The van der Waals surface area contributed by atoms with Gasteiger partial charge in [0.25, 0.3) is 0 Å². The van der Waals surface area contributed by atoms with E-state index >= 15 is 0 Å². The van der Waals surface area contributed by atoms with E-state index in [1.54, 1.807) is 19.9 Å². The van der Waals surface area contributed by atoms with Gasteiger partial charge in [-0.15, -0.1) is 0 Å². The van der Waals surface area contributed by atoms with Crippen LogP contribution in [0.1, 0.15) is 18.1 Å². The van der Waals surface area contributed by atoms with Crippen molar-refractivity contribution in [3.63, 3.8) is 0 Å². The summed E-state index contributed by atoms with van der Waals surface area (Å²) in [5.41, 5.74) is 1.89. The highest BCUT2D eigenvalue weighted by atomic mass is 16.8. The first-order chi connectivity index (χ1) is 10.2. The van der Waals surface area contributed by atoms with E-state index < -0.39 is 30.6 Å². The molecule has 124 valence electrons. The van der Waals surface area contributed by atoms with Crippen LogP contribution in [-0.4, -0.2) is 51.2 Å². The summed E-state index contributed by atoms with van der Waals surface area (Å²) in [5.74, 6) is 0. The lowest BCUT2D eigenvalue weighted by Crippen LogP contribution is -2.58. The van der Waals surface area contributed by atoms with E-state index in [4.69, 9.17) is 4.74 Å². The molecular formula is C14H21N2O6-. The molecule has 5 atom stereocenters. The number of aliphatic hydroxyl groups is 3. The van der Waals surface area contributed by atoms with Crippen LogP contribution in [0.2, 0.25) is 0 Å². The van der Waals surface area contributed by atoms with Gasteiger partial charge in [0.15, 0.2) is 6.23 Å². The fourth-order valence-corrected chi connectivity index (χ4v) is 2.40. The van der Waals surface area contributed by atoms with Gasteiger partial charge >= 0.3 is 0 Å². The van der Waals surface area contributed by atoms with Gasteiger partial charge in [-0.3, -0.25) is 5.21 Å². The van der Waals surface area contributed by atoms with E-state index in [1.807, 2.05) is 6.92 Å². The first-order valence-corrected chi connectivity index (χ1v) is 6.96. The summed E-state index contributed by atoms with van der Waals surface area (Å²) < 4.78 is 5.42. The summed E-state index contributed by atoms with van der Waals surface area (Å²) in [6, 6.07) is 3.12. The molecule has 1 aromatic carbocycles. The van der Waals surface area contributed by atoms with Gasteiger partial charge in [0, 0.05) is 0 Å². The van der Waals surface area contributed by atoms with Gasteiger partial charge in [0.05, 0.1) is 17.5 Å². The summed E-state index contributed by atoms with van der Waals surface area (Å²) in [5, 5.41) is 52.4. The van der Waals surface area contributed by atoms with Crippen molar-refractivity contribution < 1.29 is 25.3 Å². The Hall–Kier alpha value is -1.42. The maximum Gasteiger partial charge on any atom is 0.157 e. The summed E-state index contributed by atoms with van der Waals surface area (Å²) in [7, 11) is 0. The fourth-order valence-electron chi connectivity index (χ4n) is 2.40. The number of aryl methyl sites for hydroxylation is 2. The van der Waals surface area contributed by atoms with E-state index in [0.717, 1.165) is 11.1 Å². The molecule has 22 heavy (non-hydrogen) atoms. The quantitative estimate of drug-likeness (QED) is 0.502. The van der Waals surface area contributed by atoms with E-state index in [9.17, 15) is 25.7 Å². The third-order valence-corrected chi connectivity index (χ3v) is 3.97. The highest BCUT2D eigenvalue weighted by molar-refractivity contribution is 5.71. The molecule has 1 aliphatic heterocycles. The number of rotatable bonds is 3. The van der Waals surface area contributed by atoms with Crippen LogP contribution in [0.3, 0.4) is 0 Å². The van der Waals surface area contributed by atoms with Gasteiger partial charge in [-0.05, 0) is 44.0 Å². The zero-order chi connectivity index (χ0) is 16.6. The van der Waals surface area contributed by atoms with Crippen LogP contribution in [-0.2, 0) is 4.74 Å². The second kappa shape index (κ2) is 6.37. The molecule has 8 nitrogen and oxygen atoms in total. The van der Waals surface area contributed by atoms with Gasteiger partial charge in [-0.2, -0.15) is 0 Å². The van der Waals surface area contributed by atoms with Crippen molar-refractivity contribution in [2.45, 2.75) is 51.4 Å². The van der Waals surface area contributed by atoms with Crippen LogP contribution in [0.15, 0.2) is 12.1 Å². The molecule has 8 heteroatoms. The summed E-state index contributed by atoms with van der Waals surface area (Å²) >= 11 is 0. The maximum absolute atomic E-state index is 11.3. The smallest absolute Gasteiger partial charge is 0.157 e. The molecule has 0 saturated carbocycles. The van der Waals surface area contributed by atoms with Gasteiger partial charge in [0.1, 0.15) is 18.3 Å². The zero-order valence-electron chi connectivity index (χ0n) is 12.6. The predicted octanol–water partition coefficient (Wildman–Crippen LogP) is 0.236. The van der Waals surface area contributed by atoms with Gasteiger partial charge in [-0.25, -0.2) is 0 Å². The topological polar surface area (TPSA) is 128 Å². The standard InChI is InChI=1S/C14H21N2O6/c1-6-4-9(10(16(20)21)5-7(6)2)15-14-13(19)12(18)11(17)8(3)22-14/h4-5,8,11-15,17-20H,1-3H3/q-1/t8-,11-,12+,13+,14?/m0/s1. The number of anilines is 2. The first kappa shape index (κ1) is 16.9. The molecule has 0 aliphatic carbocycles. The molecule has 0 spiro atoms. The number of benzene rings is 1. The van der Waals surface area contributed by atoms with Gasteiger partial charge in [-0.1, -0.05) is 0 Å². The van der Waals surface area contributed by atoms with E-state index in [1.165, 1.54) is 6.07 Å². The Bertz CT molecular complexity index is 538. The summed E-state index contributed by atoms with van der Waals surface area (Å²) in [4.78, 5) is 0. The Morgan fingerprint density at radius 2 is 1.68 bits per heavy atom. The SMILES string of the molecule is Cc1cc(NC2O[C@@H](C)[C@H](O)[C@@H](O)[C@H]2O)c(N([O-])O)cc1C. The van der Waals surface area contributed by atoms with Crippen molar-refractivity contribution in [3.8, 4) is 0 Å². The van der Waals surface area contributed by atoms with E-state index in [0.29, 0.717) is 0 Å². The normalized spacial score (nSPS) is 31.9. The molecule has 1 fully saturated rings. The summed E-state index contributed by atoms with van der Waals surface area (Å²) in [6.07, 6.45) is -5.72. The molecule has 1 saturated heterocycles. The van der Waals surface area contributed by atoms with E-state index in [-0.39, 0.29) is 16.6 Å². The number of hydrogen-bond acceptors (Lipinski definition) is 8. The third kappa shape index (κ3) is 3.17. The minimum Gasteiger partial charge on any atom is -0.733 e. The van der Waals surface area contributed by atoms with Crippen molar-refractivity contribution in [2.24, 2.45) is 0 Å². The van der Waals surface area contributed by atoms with Crippen molar-refractivity contribution in [2.75, 3.05) is 10.5 Å². The van der Waals surface area contributed by atoms with Crippen molar-refractivity contribution in [1.29, 1.82) is 0 Å². The minimum atomic E-state index is -1.39. The van der Waals surface area contributed by atoms with Gasteiger partial charge < -0.3 is 35.8 Å². The molecule has 0 aromatic heterocycles. The highest BCUT2D eigenvalue weighted by Gasteiger charge is 2.41. The molecule has 1 aromatic rings.